The van der Waals surface area contributed by atoms with E-state index in [0.29, 0.717) is 12.8 Å². The first kappa shape index (κ1) is 26.5. The van der Waals surface area contributed by atoms with Crippen molar-refractivity contribution in [3.8, 4) is 0 Å². The Kier molecular flexibility index (Phi) is 13.4. The van der Waals surface area contributed by atoms with E-state index >= 15 is 0 Å². The second-order valence-corrected chi connectivity index (χ2v) is 11.9. The second-order valence-electron chi connectivity index (χ2n) is 7.02. The van der Waals surface area contributed by atoms with E-state index in [-0.39, 0.29) is 34.9 Å². The fourth-order valence-corrected chi connectivity index (χ4v) is 8.51. The maximum atomic E-state index is 12.0. The van der Waals surface area contributed by atoms with Gasteiger partial charge in [-0.3, -0.25) is 0 Å². The van der Waals surface area contributed by atoms with Gasteiger partial charge in [-0.2, -0.15) is 0 Å². The molecule has 0 radical (unpaired) electrons. The van der Waals surface area contributed by atoms with Crippen molar-refractivity contribution >= 4 is 11.9 Å². The van der Waals surface area contributed by atoms with Crippen LogP contribution in [0.25, 0.3) is 0 Å². The molecule has 0 aliphatic heterocycles. The molecule has 0 aliphatic rings. The normalized spacial score (nSPS) is 14.3. The zero-order valence-electron chi connectivity index (χ0n) is 17.4. The molecule has 0 aromatic rings. The van der Waals surface area contributed by atoms with Crippen LogP contribution in [0.2, 0.25) is 9.45 Å². The zero-order chi connectivity index (χ0) is 21.0. The maximum absolute atomic E-state index is 12.0. The summed E-state index contributed by atoms with van der Waals surface area (Å²) < 4.78 is 21.8. The first-order chi connectivity index (χ1) is 12.6. The summed E-state index contributed by atoms with van der Waals surface area (Å²) in [6, 6.07) is 0. The summed E-state index contributed by atoms with van der Waals surface area (Å²) in [5.74, 6) is -1.51. The number of rotatable bonds is 14. The van der Waals surface area contributed by atoms with Gasteiger partial charge in [0.05, 0.1) is 0 Å². The van der Waals surface area contributed by atoms with Crippen LogP contribution in [0.15, 0.2) is 0 Å². The Bertz CT molecular complexity index is 401. The van der Waals surface area contributed by atoms with Crippen LogP contribution in [0.3, 0.4) is 0 Å². The van der Waals surface area contributed by atoms with Crippen LogP contribution in [0.5, 0.6) is 0 Å². The topological polar surface area (TPSA) is 112 Å². The minimum absolute atomic E-state index is 0.100. The molecule has 2 N–H and O–H groups in total. The molecule has 0 amide bonds. The van der Waals surface area contributed by atoms with E-state index in [1.165, 1.54) is 0 Å². The number of hydrogen-bond acceptors (Lipinski definition) is 8. The molecule has 0 saturated heterocycles. The molecule has 0 aromatic carbocycles. The Hall–Kier alpha value is -0.506. The Morgan fingerprint density at radius 2 is 1.11 bits per heavy atom. The van der Waals surface area contributed by atoms with Crippen molar-refractivity contribution in [1.82, 2.24) is 0 Å². The van der Waals surface area contributed by atoms with Crippen molar-refractivity contribution in [1.29, 1.82) is 0 Å². The summed E-state index contributed by atoms with van der Waals surface area (Å²) in [7, 11) is 0. The van der Waals surface area contributed by atoms with Gasteiger partial charge < -0.3 is 0 Å². The molecule has 27 heavy (non-hydrogen) atoms. The van der Waals surface area contributed by atoms with Crippen molar-refractivity contribution in [3.05, 3.63) is 0 Å². The Balaban J connectivity index is 5.42. The van der Waals surface area contributed by atoms with E-state index < -0.39 is 41.5 Å². The number of aliphatic hydroxyl groups excluding tert-OH is 2. The Morgan fingerprint density at radius 3 is 1.37 bits per heavy atom. The molecule has 0 bridgehead atoms. The molecule has 160 valence electrons. The Morgan fingerprint density at radius 1 is 0.778 bits per heavy atom. The Labute approximate surface area is 166 Å². The molecular weight excluding hydrogens is 392 g/mol. The molecule has 0 saturated carbocycles. The van der Waals surface area contributed by atoms with Gasteiger partial charge in [-0.15, -0.1) is 0 Å². The second kappa shape index (κ2) is 13.6. The van der Waals surface area contributed by atoms with Crippen LogP contribution < -0.4 is 0 Å². The van der Waals surface area contributed by atoms with Gasteiger partial charge >= 0.3 is 167 Å². The van der Waals surface area contributed by atoms with Crippen molar-refractivity contribution in [3.63, 3.8) is 0 Å². The molecule has 0 fully saturated rings. The average Bonchev–Trinajstić information content (AvgIpc) is 2.55. The number of aliphatic hydroxyl groups is 2. The van der Waals surface area contributed by atoms with Crippen LogP contribution in [-0.2, 0) is 43.1 Å². The third kappa shape index (κ3) is 11.2. The SMILES string of the molecule is CCCOC(=O)C(O)[CH2][Ti]([CH2]C(O)C(=O)OCCC)([O]C(C)C)[O]C(C)C. The summed E-state index contributed by atoms with van der Waals surface area (Å²) in [6.07, 6.45) is -2.13. The molecule has 2 atom stereocenters. The van der Waals surface area contributed by atoms with Crippen LogP contribution >= 0.6 is 0 Å². The molecule has 9 heteroatoms. The van der Waals surface area contributed by atoms with Gasteiger partial charge in [-0.25, -0.2) is 0 Å². The van der Waals surface area contributed by atoms with Gasteiger partial charge in [0.1, 0.15) is 0 Å². The van der Waals surface area contributed by atoms with Crippen LogP contribution in [-0.4, -0.2) is 59.8 Å². The third-order valence-electron chi connectivity index (χ3n) is 3.35. The molecular formula is C18H36O8Ti. The van der Waals surface area contributed by atoms with Crippen LogP contribution in [0.1, 0.15) is 54.4 Å². The zero-order valence-corrected chi connectivity index (χ0v) is 19.0. The van der Waals surface area contributed by atoms with Gasteiger partial charge in [-0.1, -0.05) is 0 Å². The summed E-state index contributed by atoms with van der Waals surface area (Å²) in [4.78, 5) is 24.0. The predicted octanol–water partition coefficient (Wildman–Crippen LogP) is 2.29. The number of esters is 2. The molecule has 0 rings (SSSR count). The molecule has 0 aliphatic carbocycles. The van der Waals surface area contributed by atoms with Gasteiger partial charge in [0, 0.05) is 0 Å². The molecule has 0 heterocycles. The number of carbonyl (C=O) groups excluding carboxylic acids is 2. The summed E-state index contributed by atoms with van der Waals surface area (Å²) in [5.41, 5.74) is 0. The van der Waals surface area contributed by atoms with Crippen molar-refractivity contribution < 1.29 is 53.3 Å². The van der Waals surface area contributed by atoms with Gasteiger partial charge in [0.2, 0.25) is 0 Å². The fourth-order valence-electron chi connectivity index (χ4n) is 2.52. The summed E-state index contributed by atoms with van der Waals surface area (Å²) in [5, 5.41) is 20.6. The van der Waals surface area contributed by atoms with Crippen molar-refractivity contribution in [2.45, 2.75) is 88.3 Å². The van der Waals surface area contributed by atoms with Gasteiger partial charge in [-0.05, 0) is 0 Å². The summed E-state index contributed by atoms with van der Waals surface area (Å²) >= 11 is -3.98. The van der Waals surface area contributed by atoms with Gasteiger partial charge in [0.15, 0.2) is 0 Å². The monoisotopic (exact) mass is 428 g/mol. The molecule has 2 unspecified atom stereocenters. The van der Waals surface area contributed by atoms with E-state index in [1.807, 2.05) is 13.8 Å². The van der Waals surface area contributed by atoms with Gasteiger partial charge in [0.25, 0.3) is 0 Å². The fraction of sp³-hybridized carbons (Fsp3) is 0.889. The number of hydrogen-bond donors (Lipinski definition) is 2. The first-order valence-corrected chi connectivity index (χ1v) is 13.1. The van der Waals surface area contributed by atoms with Crippen LogP contribution in [0, 0.1) is 0 Å². The first-order valence-electron chi connectivity index (χ1n) is 9.61. The van der Waals surface area contributed by atoms with Crippen molar-refractivity contribution in [2.24, 2.45) is 0 Å². The number of ether oxygens (including phenoxy) is 2. The van der Waals surface area contributed by atoms with E-state index in [9.17, 15) is 19.8 Å². The minimum atomic E-state index is -3.98. The van der Waals surface area contributed by atoms with Crippen molar-refractivity contribution in [2.75, 3.05) is 13.2 Å². The van der Waals surface area contributed by atoms with E-state index in [2.05, 4.69) is 0 Å². The standard InChI is InChI=1S/2C6H11O3.2C3H7O.Ti/c2*1-3-4-9-6(8)5(2)7;2*1-3(2)4;/h2*5,7H,2-4H2,1H3;2*3H,1-2H3;/q;;2*-1;+2. The number of carbonyl (C=O) groups is 2. The average molecular weight is 428 g/mol. The summed E-state index contributed by atoms with van der Waals surface area (Å²) in [6.45, 7) is 11.3. The quantitative estimate of drug-likeness (QED) is 0.320. The molecule has 0 aromatic heterocycles. The third-order valence-corrected chi connectivity index (χ3v) is 9.31. The van der Waals surface area contributed by atoms with Crippen LogP contribution in [0.4, 0.5) is 0 Å². The van der Waals surface area contributed by atoms with E-state index in [1.54, 1.807) is 27.7 Å². The van der Waals surface area contributed by atoms with E-state index in [0.717, 1.165) is 0 Å². The van der Waals surface area contributed by atoms with E-state index in [4.69, 9.17) is 16.1 Å². The molecule has 0 spiro atoms. The predicted molar refractivity (Wildman–Crippen MR) is 96.6 cm³/mol. The molecule has 8 nitrogen and oxygen atoms in total.